The zero-order valence-corrected chi connectivity index (χ0v) is 31.6. The molecule has 6 aliphatic rings. The van der Waals surface area contributed by atoms with E-state index < -0.39 is 0 Å². The number of quaternary nitrogens is 2. The van der Waals surface area contributed by atoms with Gasteiger partial charge in [0.2, 0.25) is 0 Å². The van der Waals surface area contributed by atoms with Gasteiger partial charge in [-0.1, -0.05) is 13.8 Å². The van der Waals surface area contributed by atoms with Gasteiger partial charge in [-0.05, 0) is 61.2 Å². The lowest BCUT2D eigenvalue weighted by molar-refractivity contribution is -0.945. The molecule has 43 heavy (non-hydrogen) atoms. The molecule has 0 bridgehead atoms. The molecule has 6 rings (SSSR count). The molecule has 0 radical (unpaired) electrons. The van der Waals surface area contributed by atoms with Crippen LogP contribution in [-0.4, -0.2) is 112 Å². The minimum Gasteiger partial charge on any atom is -1.00 e. The van der Waals surface area contributed by atoms with Crippen molar-refractivity contribution in [3.8, 4) is 0 Å². The van der Waals surface area contributed by atoms with Gasteiger partial charge in [0.05, 0.1) is 40.5 Å². The van der Waals surface area contributed by atoms with Gasteiger partial charge in [0.15, 0.2) is 12.2 Å². The predicted molar refractivity (Wildman–Crippen MR) is 155 cm³/mol. The Hall–Kier alpha value is 0.240. The van der Waals surface area contributed by atoms with Crippen molar-refractivity contribution in [1.82, 2.24) is 0 Å². The summed E-state index contributed by atoms with van der Waals surface area (Å²) in [6, 6.07) is 0.659. The number of ether oxygens (including phenoxy) is 4. The van der Waals surface area contributed by atoms with Gasteiger partial charge in [-0.2, -0.15) is 0 Å². The van der Waals surface area contributed by atoms with Crippen molar-refractivity contribution in [3.05, 3.63) is 0 Å². The van der Waals surface area contributed by atoms with Gasteiger partial charge in [0, 0.05) is 32.1 Å². The second kappa shape index (κ2) is 13.4. The molecule has 0 aromatic carbocycles. The Kier molecular flexibility index (Phi) is 11.2. The van der Waals surface area contributed by atoms with Crippen LogP contribution >= 0.6 is 0 Å². The lowest BCUT2D eigenvalue weighted by Gasteiger charge is -2.63. The van der Waals surface area contributed by atoms with Crippen molar-refractivity contribution in [3.63, 3.8) is 0 Å². The molecule has 0 aromatic rings. The summed E-state index contributed by atoms with van der Waals surface area (Å²) in [5.74, 6) is 2.22. The molecule has 5 unspecified atom stereocenters. The van der Waals surface area contributed by atoms with E-state index in [2.05, 4.69) is 27.9 Å². The quantitative estimate of drug-likeness (QED) is 0.183. The number of rotatable bonds is 4. The molecule has 4 saturated carbocycles. The van der Waals surface area contributed by atoms with Gasteiger partial charge in [-0.3, -0.25) is 9.59 Å². The Bertz CT molecular complexity index is 1020. The number of morpholine rings is 2. The molecule has 10 heteroatoms. The van der Waals surface area contributed by atoms with Gasteiger partial charge < -0.3 is 75.9 Å². The first-order valence-corrected chi connectivity index (χ1v) is 16.6. The molecular weight excluding hydrogens is 774 g/mol. The number of hydrogen-bond acceptors (Lipinski definition) is 6. The third-order valence-corrected chi connectivity index (χ3v) is 13.8. The fourth-order valence-corrected chi connectivity index (χ4v) is 11.3. The van der Waals surface area contributed by atoms with E-state index in [0.29, 0.717) is 35.8 Å². The zero-order valence-electron chi connectivity index (χ0n) is 27.3. The zero-order chi connectivity index (χ0) is 29.2. The first-order chi connectivity index (χ1) is 19.4. The molecule has 2 saturated heterocycles. The van der Waals surface area contributed by atoms with Crippen LogP contribution in [-0.2, 0) is 28.5 Å². The van der Waals surface area contributed by atoms with Crippen LogP contribution < -0.4 is 48.0 Å². The van der Waals surface area contributed by atoms with E-state index in [-0.39, 0.29) is 82.9 Å². The van der Waals surface area contributed by atoms with Crippen LogP contribution in [0.4, 0.5) is 0 Å². The Morgan fingerprint density at radius 3 is 1.84 bits per heavy atom. The van der Waals surface area contributed by atoms with Crippen LogP contribution in [0.15, 0.2) is 0 Å². The Balaban J connectivity index is 0.00000212. The van der Waals surface area contributed by atoms with Crippen LogP contribution in [0.3, 0.4) is 0 Å². The highest BCUT2D eigenvalue weighted by atomic mass is 127. The van der Waals surface area contributed by atoms with Crippen LogP contribution in [0.25, 0.3) is 0 Å². The van der Waals surface area contributed by atoms with Crippen LogP contribution in [0, 0.1) is 34.5 Å². The third kappa shape index (κ3) is 6.29. The second-order valence-electron chi connectivity index (χ2n) is 15.8. The summed E-state index contributed by atoms with van der Waals surface area (Å²) in [5, 5.41) is 0. The molecule has 2 heterocycles. The molecule has 8 nitrogen and oxygen atoms in total. The van der Waals surface area contributed by atoms with Crippen molar-refractivity contribution in [1.29, 1.82) is 0 Å². The maximum atomic E-state index is 12.5. The standard InChI is InChI=1S/C33H56N2O6.2HI/c1-22(36)40-30-19-24-7-8-25-26(33(24,4)21-29(30)35(6)13-17-39-18-14-35)9-10-32(3)27(25)20-28(31(32)41-23(2)37)34(5)11-15-38-16-12-34;;/h24-31H,7-21H2,1-6H3;2*1H/q+2;;/p-2/t24-,25?,26?,27?,28?,29?,30-,31-,32-,33-;;/m0../s1. The van der Waals surface area contributed by atoms with E-state index in [4.69, 9.17) is 18.9 Å². The average Bonchev–Trinajstić information content (AvgIpc) is 3.21. The molecule has 0 amide bonds. The maximum Gasteiger partial charge on any atom is 0.303 e. The van der Waals surface area contributed by atoms with E-state index in [9.17, 15) is 9.59 Å². The molecule has 6 fully saturated rings. The molecular formula is C33H56I2N2O6. The monoisotopic (exact) mass is 830 g/mol. The minimum absolute atomic E-state index is 0. The number of halogens is 2. The summed E-state index contributed by atoms with van der Waals surface area (Å²) in [4.78, 5) is 24.8. The van der Waals surface area contributed by atoms with E-state index in [0.717, 1.165) is 87.3 Å². The lowest BCUT2D eigenvalue weighted by Crippen LogP contribution is -3.00. The summed E-state index contributed by atoms with van der Waals surface area (Å²) >= 11 is 0. The molecule has 0 N–H and O–H groups in total. The van der Waals surface area contributed by atoms with Crippen molar-refractivity contribution in [2.24, 2.45) is 34.5 Å². The summed E-state index contributed by atoms with van der Waals surface area (Å²) in [6.45, 7) is 15.4. The van der Waals surface area contributed by atoms with Crippen molar-refractivity contribution >= 4 is 11.9 Å². The van der Waals surface area contributed by atoms with Crippen LogP contribution in [0.5, 0.6) is 0 Å². The number of fused-ring (bicyclic) bond motifs is 5. The average molecular weight is 831 g/mol. The Morgan fingerprint density at radius 2 is 1.28 bits per heavy atom. The molecule has 4 aliphatic carbocycles. The summed E-state index contributed by atoms with van der Waals surface area (Å²) in [5.41, 5.74) is 0.259. The van der Waals surface area contributed by atoms with Crippen molar-refractivity contribution in [2.75, 3.05) is 66.7 Å². The molecule has 10 atom stereocenters. The highest BCUT2D eigenvalue weighted by Gasteiger charge is 2.68. The fourth-order valence-electron chi connectivity index (χ4n) is 11.3. The third-order valence-electron chi connectivity index (χ3n) is 13.8. The number of esters is 2. The van der Waals surface area contributed by atoms with Gasteiger partial charge in [0.25, 0.3) is 0 Å². The largest absolute Gasteiger partial charge is 1.00 e. The first-order valence-electron chi connectivity index (χ1n) is 16.6. The number of carbonyl (C=O) groups is 2. The van der Waals surface area contributed by atoms with Gasteiger partial charge >= 0.3 is 11.9 Å². The Morgan fingerprint density at radius 1 is 0.721 bits per heavy atom. The van der Waals surface area contributed by atoms with Gasteiger partial charge in [-0.15, -0.1) is 0 Å². The van der Waals surface area contributed by atoms with E-state index in [1.54, 1.807) is 13.8 Å². The maximum absolute atomic E-state index is 12.5. The topological polar surface area (TPSA) is 71.1 Å². The molecule has 0 spiro atoms. The highest BCUT2D eigenvalue weighted by molar-refractivity contribution is 5.66. The van der Waals surface area contributed by atoms with E-state index in [1.807, 2.05) is 0 Å². The molecule has 2 aliphatic heterocycles. The summed E-state index contributed by atoms with van der Waals surface area (Å²) in [7, 11) is 4.76. The Labute approximate surface area is 293 Å². The number of likely N-dealkylation sites (N-methyl/N-ethyl adjacent to an activating group) is 2. The highest BCUT2D eigenvalue weighted by Crippen LogP contribution is 2.67. The predicted octanol–water partition coefficient (Wildman–Crippen LogP) is -2.19. The van der Waals surface area contributed by atoms with Gasteiger partial charge in [-0.25, -0.2) is 0 Å². The number of nitrogens with zero attached hydrogens (tertiary/aromatic N) is 2. The normalized spacial score (nSPS) is 44.7. The number of hydrogen-bond donors (Lipinski definition) is 0. The SMILES string of the molecule is CC(=O)O[C@H]1C[C@@H]2CCC3C4CC([N+]5(C)CCOCC5)[C@H](OC(C)=O)[C@@]4(C)CCC3[C@@]2(C)CC1[N+]1(C)CCOCC1.[I-].[I-]. The second-order valence-corrected chi connectivity index (χ2v) is 15.8. The van der Waals surface area contributed by atoms with E-state index in [1.165, 1.54) is 19.3 Å². The molecule has 248 valence electrons. The lowest BCUT2D eigenvalue weighted by atomic mass is 9.44. The smallest absolute Gasteiger partial charge is 0.303 e. The first kappa shape index (κ1) is 36.1. The van der Waals surface area contributed by atoms with Gasteiger partial charge in [0.1, 0.15) is 38.3 Å². The number of carbonyl (C=O) groups excluding carboxylic acids is 2. The summed E-state index contributed by atoms with van der Waals surface area (Å²) in [6.07, 6.45) is 8.03. The van der Waals surface area contributed by atoms with Crippen LogP contribution in [0.2, 0.25) is 0 Å². The van der Waals surface area contributed by atoms with Crippen molar-refractivity contribution in [2.45, 2.75) is 96.9 Å². The fraction of sp³-hybridized carbons (Fsp3) is 0.939. The van der Waals surface area contributed by atoms with E-state index >= 15 is 0 Å². The molecule has 0 aromatic heterocycles. The van der Waals surface area contributed by atoms with Crippen LogP contribution in [0.1, 0.15) is 72.6 Å². The van der Waals surface area contributed by atoms with Crippen molar-refractivity contribution < 1.29 is 85.5 Å². The minimum atomic E-state index is -0.140. The summed E-state index contributed by atoms with van der Waals surface area (Å²) < 4.78 is 25.9.